The second kappa shape index (κ2) is 9.71. The van der Waals surface area contributed by atoms with Crippen molar-refractivity contribution in [2.24, 2.45) is 5.92 Å². The molecule has 9 heteroatoms. The Kier molecular flexibility index (Phi) is 7.02. The van der Waals surface area contributed by atoms with Crippen LogP contribution >= 0.6 is 11.8 Å². The van der Waals surface area contributed by atoms with Crippen LogP contribution < -0.4 is 10.1 Å². The molecule has 0 bridgehead atoms. The molecule has 1 atom stereocenters. The lowest BCUT2D eigenvalue weighted by Gasteiger charge is -2.27. The van der Waals surface area contributed by atoms with E-state index in [0.29, 0.717) is 23.3 Å². The number of carbonyl (C=O) groups is 1. The van der Waals surface area contributed by atoms with Gasteiger partial charge < -0.3 is 14.5 Å². The monoisotopic (exact) mass is 439 g/mol. The molecule has 0 fully saturated rings. The molecule has 1 N–H and O–H groups in total. The second-order valence-corrected chi connectivity index (χ2v) is 8.45. The minimum atomic E-state index is -0.925. The highest BCUT2D eigenvalue weighted by Crippen LogP contribution is 2.28. The number of carbonyl (C=O) groups excluding carboxylic acids is 1. The predicted octanol–water partition coefficient (Wildman–Crippen LogP) is 3.74. The summed E-state index contributed by atoms with van der Waals surface area (Å²) < 4.78 is 12.7. The highest BCUT2D eigenvalue weighted by Gasteiger charge is 2.30. The van der Waals surface area contributed by atoms with Crippen molar-refractivity contribution in [3.05, 3.63) is 48.4 Å². The predicted molar refractivity (Wildman–Crippen MR) is 118 cm³/mol. The van der Waals surface area contributed by atoms with Crippen LogP contribution in [0.3, 0.4) is 0 Å². The highest BCUT2D eigenvalue weighted by molar-refractivity contribution is 7.99. The summed E-state index contributed by atoms with van der Waals surface area (Å²) in [6.45, 7) is 5.94. The van der Waals surface area contributed by atoms with Gasteiger partial charge in [-0.05, 0) is 37.1 Å². The van der Waals surface area contributed by atoms with Crippen molar-refractivity contribution < 1.29 is 13.9 Å². The van der Waals surface area contributed by atoms with E-state index in [-0.39, 0.29) is 17.6 Å². The van der Waals surface area contributed by atoms with Crippen LogP contribution in [0, 0.1) is 17.2 Å². The number of hydrogen-bond donors (Lipinski definition) is 1. The van der Waals surface area contributed by atoms with Gasteiger partial charge in [0, 0.05) is 5.56 Å². The zero-order valence-corrected chi connectivity index (χ0v) is 18.8. The number of nitrogens with zero attached hydrogens (tertiary/aromatic N) is 4. The van der Waals surface area contributed by atoms with E-state index < -0.39 is 5.54 Å². The van der Waals surface area contributed by atoms with Crippen LogP contribution in [0.15, 0.2) is 52.2 Å². The largest absolute Gasteiger partial charge is 0.497 e. The third kappa shape index (κ3) is 5.27. The number of ether oxygens (including phenoxy) is 1. The first-order valence-corrected chi connectivity index (χ1v) is 10.8. The number of nitriles is 1. The molecular formula is C22H25N5O3S. The van der Waals surface area contributed by atoms with Crippen molar-refractivity contribution >= 4 is 17.7 Å². The molecule has 1 unspecified atom stereocenters. The molecule has 3 rings (SSSR count). The minimum Gasteiger partial charge on any atom is -0.497 e. The number of thioether (sulfide) groups is 1. The molecule has 0 radical (unpaired) electrons. The maximum Gasteiger partial charge on any atom is 0.231 e. The van der Waals surface area contributed by atoms with Crippen molar-refractivity contribution in [1.82, 2.24) is 20.1 Å². The lowest BCUT2D eigenvalue weighted by molar-refractivity contribution is -0.120. The maximum absolute atomic E-state index is 12.5. The van der Waals surface area contributed by atoms with Gasteiger partial charge in [-0.25, -0.2) is 0 Å². The van der Waals surface area contributed by atoms with Gasteiger partial charge in [-0.1, -0.05) is 37.7 Å². The lowest BCUT2D eigenvalue weighted by atomic mass is 9.90. The van der Waals surface area contributed by atoms with Crippen LogP contribution in [0.25, 0.3) is 11.4 Å². The van der Waals surface area contributed by atoms with Gasteiger partial charge in [-0.15, -0.1) is 10.2 Å². The first-order valence-electron chi connectivity index (χ1n) is 9.81. The van der Waals surface area contributed by atoms with Gasteiger partial charge in [-0.2, -0.15) is 5.26 Å². The summed E-state index contributed by atoms with van der Waals surface area (Å²) in [5.41, 5.74) is -0.0859. The van der Waals surface area contributed by atoms with Crippen LogP contribution in [0.2, 0.25) is 0 Å². The van der Waals surface area contributed by atoms with Crippen molar-refractivity contribution in [3.63, 3.8) is 0 Å². The molecule has 0 saturated heterocycles. The Morgan fingerprint density at radius 3 is 2.81 bits per heavy atom. The Hall–Kier alpha value is -3.25. The van der Waals surface area contributed by atoms with Gasteiger partial charge in [0.15, 0.2) is 11.0 Å². The number of methoxy groups -OCH3 is 1. The van der Waals surface area contributed by atoms with E-state index in [9.17, 15) is 10.1 Å². The fourth-order valence-corrected chi connectivity index (χ4v) is 3.57. The van der Waals surface area contributed by atoms with Gasteiger partial charge >= 0.3 is 0 Å². The SMILES string of the molecule is COc1cccc(-c2nnc(SCC(=O)NC(C)(C#N)C(C)C)n2Cc2ccco2)c1. The quantitative estimate of drug-likeness (QED) is 0.506. The highest BCUT2D eigenvalue weighted by atomic mass is 32.2. The summed E-state index contributed by atoms with van der Waals surface area (Å²) in [5, 5.41) is 21.5. The standard InChI is InChI=1S/C22H25N5O3S/c1-15(2)22(3,14-23)24-19(28)13-31-21-26-25-20(16-7-5-8-17(11-16)29-4)27(21)12-18-9-6-10-30-18/h5-11,15H,12-13H2,1-4H3,(H,24,28). The number of amides is 1. The Bertz CT molecular complexity index is 1070. The molecule has 0 aliphatic carbocycles. The number of nitrogens with one attached hydrogen (secondary N) is 1. The molecule has 0 saturated carbocycles. The molecule has 1 aromatic carbocycles. The number of furan rings is 1. The smallest absolute Gasteiger partial charge is 0.231 e. The molecule has 31 heavy (non-hydrogen) atoms. The van der Waals surface area contributed by atoms with Crippen molar-refractivity contribution in [2.75, 3.05) is 12.9 Å². The molecule has 3 aromatic rings. The zero-order chi connectivity index (χ0) is 22.4. The number of rotatable bonds is 9. The Balaban J connectivity index is 1.84. The number of benzene rings is 1. The van der Waals surface area contributed by atoms with Gasteiger partial charge in [0.25, 0.3) is 0 Å². The summed E-state index contributed by atoms with van der Waals surface area (Å²) in [6, 6.07) is 13.4. The van der Waals surface area contributed by atoms with Crippen LogP contribution in [-0.4, -0.2) is 39.1 Å². The number of aromatic nitrogens is 3. The molecule has 2 aromatic heterocycles. The average molecular weight is 440 g/mol. The van der Waals surface area contributed by atoms with E-state index in [2.05, 4.69) is 21.6 Å². The van der Waals surface area contributed by atoms with E-state index in [1.54, 1.807) is 20.3 Å². The minimum absolute atomic E-state index is 0.0197. The average Bonchev–Trinajstić information content (AvgIpc) is 3.42. The molecule has 1 amide bonds. The summed E-state index contributed by atoms with van der Waals surface area (Å²) in [7, 11) is 1.61. The molecule has 0 spiro atoms. The first kappa shape index (κ1) is 22.4. The van der Waals surface area contributed by atoms with E-state index in [4.69, 9.17) is 9.15 Å². The van der Waals surface area contributed by atoms with Crippen LogP contribution in [0.5, 0.6) is 5.75 Å². The molecule has 162 valence electrons. The molecule has 0 aliphatic heterocycles. The van der Waals surface area contributed by atoms with Gasteiger partial charge in [-0.3, -0.25) is 9.36 Å². The summed E-state index contributed by atoms with van der Waals surface area (Å²) in [6.07, 6.45) is 1.61. The van der Waals surface area contributed by atoms with Gasteiger partial charge in [0.2, 0.25) is 5.91 Å². The van der Waals surface area contributed by atoms with E-state index in [0.717, 1.165) is 11.3 Å². The summed E-state index contributed by atoms with van der Waals surface area (Å²) >= 11 is 1.26. The lowest BCUT2D eigenvalue weighted by Crippen LogP contribution is -2.49. The van der Waals surface area contributed by atoms with E-state index in [1.165, 1.54) is 11.8 Å². The van der Waals surface area contributed by atoms with Crippen LogP contribution in [-0.2, 0) is 11.3 Å². The Morgan fingerprint density at radius 1 is 1.35 bits per heavy atom. The third-order valence-electron chi connectivity index (χ3n) is 5.06. The summed E-state index contributed by atoms with van der Waals surface area (Å²) in [4.78, 5) is 12.5. The molecule has 8 nitrogen and oxygen atoms in total. The zero-order valence-electron chi connectivity index (χ0n) is 18.0. The molecule has 0 aliphatic rings. The van der Waals surface area contributed by atoms with Crippen LogP contribution in [0.4, 0.5) is 0 Å². The molecule has 2 heterocycles. The Labute approximate surface area is 185 Å². The fraction of sp³-hybridized carbons (Fsp3) is 0.364. The second-order valence-electron chi connectivity index (χ2n) is 7.51. The maximum atomic E-state index is 12.5. The molecular weight excluding hydrogens is 414 g/mol. The first-order chi connectivity index (χ1) is 14.9. The van der Waals surface area contributed by atoms with E-state index >= 15 is 0 Å². The topological polar surface area (TPSA) is 106 Å². The van der Waals surface area contributed by atoms with Gasteiger partial charge in [0.05, 0.1) is 31.7 Å². The van der Waals surface area contributed by atoms with E-state index in [1.807, 2.05) is 54.8 Å². The summed E-state index contributed by atoms with van der Waals surface area (Å²) in [5.74, 6) is 1.95. The van der Waals surface area contributed by atoms with Crippen molar-refractivity contribution in [3.8, 4) is 23.2 Å². The fourth-order valence-electron chi connectivity index (χ4n) is 2.83. The van der Waals surface area contributed by atoms with Gasteiger partial charge in [0.1, 0.15) is 17.0 Å². The third-order valence-corrected chi connectivity index (χ3v) is 6.02. The van der Waals surface area contributed by atoms with Crippen molar-refractivity contribution in [2.45, 2.75) is 38.0 Å². The van der Waals surface area contributed by atoms with Crippen LogP contribution in [0.1, 0.15) is 26.5 Å². The number of hydrogen-bond acceptors (Lipinski definition) is 7. The Morgan fingerprint density at radius 2 is 2.16 bits per heavy atom. The normalized spacial score (nSPS) is 12.9. The van der Waals surface area contributed by atoms with Crippen molar-refractivity contribution in [1.29, 1.82) is 5.26 Å².